The monoisotopic (exact) mass is 366 g/mol. The van der Waals surface area contributed by atoms with Crippen LogP contribution in [0.1, 0.15) is 52.5 Å². The molecule has 27 heavy (non-hydrogen) atoms. The number of nitrogens with one attached hydrogen (secondary N) is 1. The quantitative estimate of drug-likeness (QED) is 0.797. The third-order valence-corrected chi connectivity index (χ3v) is 4.94. The summed E-state index contributed by atoms with van der Waals surface area (Å²) in [6.45, 7) is 3.77. The van der Waals surface area contributed by atoms with Gasteiger partial charge in [0, 0.05) is 30.0 Å². The van der Waals surface area contributed by atoms with E-state index in [4.69, 9.17) is 4.74 Å². The molecule has 1 aliphatic rings. The van der Waals surface area contributed by atoms with Crippen LogP contribution in [0.3, 0.4) is 0 Å². The Morgan fingerprint density at radius 1 is 1.04 bits per heavy atom. The maximum atomic E-state index is 12.7. The molecule has 142 valence electrons. The number of benzene rings is 2. The van der Waals surface area contributed by atoms with Gasteiger partial charge in [-0.25, -0.2) is 4.79 Å². The molecule has 0 unspecified atom stereocenters. The number of methoxy groups -OCH3 is 1. The number of piperidine rings is 1. The van der Waals surface area contributed by atoms with E-state index in [-0.39, 0.29) is 11.9 Å². The second-order valence-corrected chi connectivity index (χ2v) is 6.78. The number of likely N-dealkylation sites (tertiary alicyclic amines) is 1. The van der Waals surface area contributed by atoms with Crippen molar-refractivity contribution in [2.75, 3.05) is 25.5 Å². The van der Waals surface area contributed by atoms with Crippen LogP contribution in [0, 0.1) is 0 Å². The molecule has 1 fully saturated rings. The zero-order chi connectivity index (χ0) is 19.2. The number of anilines is 2. The molecule has 0 bridgehead atoms. The molecule has 0 saturated carbocycles. The number of nitrogens with zero attached hydrogens (tertiary/aromatic N) is 1. The lowest BCUT2D eigenvalue weighted by atomic mass is 10.0. The number of rotatable bonds is 5. The lowest BCUT2D eigenvalue weighted by Crippen LogP contribution is -2.35. The smallest absolute Gasteiger partial charge is 0.337 e. The number of amides is 1. The molecular weight excluding hydrogens is 340 g/mol. The molecule has 2 aromatic carbocycles. The van der Waals surface area contributed by atoms with E-state index in [2.05, 4.69) is 12.2 Å². The molecule has 3 rings (SSSR count). The molecule has 0 aromatic heterocycles. The van der Waals surface area contributed by atoms with Crippen LogP contribution in [-0.2, 0) is 11.2 Å². The van der Waals surface area contributed by atoms with Crippen molar-refractivity contribution in [3.8, 4) is 0 Å². The molecule has 0 spiro atoms. The van der Waals surface area contributed by atoms with Crippen LogP contribution in [0.5, 0.6) is 0 Å². The Bertz CT molecular complexity index is 826. The predicted molar refractivity (Wildman–Crippen MR) is 107 cm³/mol. The van der Waals surface area contributed by atoms with Gasteiger partial charge in [-0.15, -0.1) is 0 Å². The fourth-order valence-electron chi connectivity index (χ4n) is 3.42. The molecule has 5 nitrogen and oxygen atoms in total. The lowest BCUT2D eigenvalue weighted by Gasteiger charge is -2.27. The molecule has 1 heterocycles. The highest BCUT2D eigenvalue weighted by molar-refractivity contribution is 5.95. The standard InChI is InChI=1S/C22H26N2O3/c1-3-16-14-17(21(25)24-12-5-4-6-13-24)10-11-20(16)23-19-9-7-8-18(15-19)22(26)27-2/h7-11,14-15,23H,3-6,12-13H2,1-2H3. The fourth-order valence-corrected chi connectivity index (χ4v) is 3.42. The first kappa shape index (κ1) is 19.0. The minimum Gasteiger partial charge on any atom is -0.465 e. The molecule has 1 amide bonds. The molecular formula is C22H26N2O3. The Morgan fingerprint density at radius 2 is 1.81 bits per heavy atom. The molecule has 0 atom stereocenters. The highest BCUT2D eigenvalue weighted by atomic mass is 16.5. The van der Waals surface area contributed by atoms with Gasteiger partial charge in [-0.1, -0.05) is 13.0 Å². The van der Waals surface area contributed by atoms with Gasteiger partial charge in [0.2, 0.25) is 0 Å². The minimum atomic E-state index is -0.364. The maximum absolute atomic E-state index is 12.7. The summed E-state index contributed by atoms with van der Waals surface area (Å²) in [5, 5.41) is 3.36. The van der Waals surface area contributed by atoms with Crippen molar-refractivity contribution in [1.29, 1.82) is 0 Å². The van der Waals surface area contributed by atoms with Gasteiger partial charge >= 0.3 is 5.97 Å². The summed E-state index contributed by atoms with van der Waals surface area (Å²) < 4.78 is 4.78. The molecule has 1 aliphatic heterocycles. The zero-order valence-corrected chi connectivity index (χ0v) is 16.0. The number of hydrogen-bond donors (Lipinski definition) is 1. The van der Waals surface area contributed by atoms with Crippen molar-refractivity contribution in [1.82, 2.24) is 4.90 Å². The van der Waals surface area contributed by atoms with E-state index in [1.165, 1.54) is 13.5 Å². The Labute approximate surface area is 160 Å². The van der Waals surface area contributed by atoms with Crippen molar-refractivity contribution in [3.05, 3.63) is 59.2 Å². The molecule has 1 N–H and O–H groups in total. The van der Waals surface area contributed by atoms with Crippen molar-refractivity contribution in [2.24, 2.45) is 0 Å². The summed E-state index contributed by atoms with van der Waals surface area (Å²) in [6.07, 6.45) is 4.18. The van der Waals surface area contributed by atoms with Gasteiger partial charge < -0.3 is 15.0 Å². The van der Waals surface area contributed by atoms with Gasteiger partial charge in [0.25, 0.3) is 5.91 Å². The van der Waals surface area contributed by atoms with Gasteiger partial charge in [0.05, 0.1) is 12.7 Å². The van der Waals surface area contributed by atoms with Crippen LogP contribution in [0.4, 0.5) is 11.4 Å². The Hall–Kier alpha value is -2.82. The lowest BCUT2D eigenvalue weighted by molar-refractivity contribution is 0.0600. The van der Waals surface area contributed by atoms with Gasteiger partial charge in [-0.3, -0.25) is 4.79 Å². The number of carbonyl (C=O) groups excluding carboxylic acids is 2. The number of aryl methyl sites for hydroxylation is 1. The summed E-state index contributed by atoms with van der Waals surface area (Å²) in [4.78, 5) is 26.4. The first-order valence-electron chi connectivity index (χ1n) is 9.50. The average molecular weight is 366 g/mol. The van der Waals surface area contributed by atoms with E-state index < -0.39 is 0 Å². The normalized spacial score (nSPS) is 13.9. The first-order valence-corrected chi connectivity index (χ1v) is 9.50. The van der Waals surface area contributed by atoms with Crippen molar-refractivity contribution >= 4 is 23.3 Å². The SMILES string of the molecule is CCc1cc(C(=O)N2CCCCC2)ccc1Nc1cccc(C(=O)OC)c1. The second-order valence-electron chi connectivity index (χ2n) is 6.78. The van der Waals surface area contributed by atoms with Crippen molar-refractivity contribution in [3.63, 3.8) is 0 Å². The van der Waals surface area contributed by atoms with Crippen LogP contribution < -0.4 is 5.32 Å². The number of ether oxygens (including phenoxy) is 1. The van der Waals surface area contributed by atoms with Gasteiger partial charge in [0.15, 0.2) is 0 Å². The fraction of sp³-hybridized carbons (Fsp3) is 0.364. The van der Waals surface area contributed by atoms with Crippen molar-refractivity contribution in [2.45, 2.75) is 32.6 Å². The largest absolute Gasteiger partial charge is 0.465 e. The zero-order valence-electron chi connectivity index (χ0n) is 16.0. The highest BCUT2D eigenvalue weighted by Crippen LogP contribution is 2.25. The van der Waals surface area contributed by atoms with Crippen LogP contribution in [0.25, 0.3) is 0 Å². The van der Waals surface area contributed by atoms with Gasteiger partial charge in [-0.05, 0) is 67.6 Å². The third kappa shape index (κ3) is 4.48. The molecule has 0 radical (unpaired) electrons. The predicted octanol–water partition coefficient (Wildman–Crippen LogP) is 4.41. The summed E-state index contributed by atoms with van der Waals surface area (Å²) in [5.41, 5.74) is 4.05. The maximum Gasteiger partial charge on any atom is 0.337 e. The van der Waals surface area contributed by atoms with Crippen LogP contribution in [0.15, 0.2) is 42.5 Å². The van der Waals surface area contributed by atoms with E-state index in [9.17, 15) is 9.59 Å². The van der Waals surface area contributed by atoms with E-state index in [1.807, 2.05) is 35.2 Å². The Balaban J connectivity index is 1.80. The first-order chi connectivity index (χ1) is 13.1. The second kappa shape index (κ2) is 8.71. The number of esters is 1. The van der Waals surface area contributed by atoms with Crippen LogP contribution >= 0.6 is 0 Å². The van der Waals surface area contributed by atoms with Gasteiger partial charge in [-0.2, -0.15) is 0 Å². The molecule has 2 aromatic rings. The average Bonchev–Trinajstić information content (AvgIpc) is 2.73. The van der Waals surface area contributed by atoms with Gasteiger partial charge in [0.1, 0.15) is 0 Å². The Morgan fingerprint density at radius 3 is 2.52 bits per heavy atom. The topological polar surface area (TPSA) is 58.6 Å². The van der Waals surface area contributed by atoms with Crippen LogP contribution in [-0.4, -0.2) is 37.0 Å². The highest BCUT2D eigenvalue weighted by Gasteiger charge is 2.19. The minimum absolute atomic E-state index is 0.114. The van der Waals surface area contributed by atoms with Crippen LogP contribution in [0.2, 0.25) is 0 Å². The summed E-state index contributed by atoms with van der Waals surface area (Å²) >= 11 is 0. The van der Waals surface area contributed by atoms with Crippen molar-refractivity contribution < 1.29 is 14.3 Å². The van der Waals surface area contributed by atoms with E-state index >= 15 is 0 Å². The Kier molecular flexibility index (Phi) is 6.12. The summed E-state index contributed by atoms with van der Waals surface area (Å²) in [5.74, 6) is -0.250. The number of carbonyl (C=O) groups is 2. The summed E-state index contributed by atoms with van der Waals surface area (Å²) in [7, 11) is 1.37. The molecule has 1 saturated heterocycles. The number of hydrogen-bond acceptors (Lipinski definition) is 4. The summed E-state index contributed by atoms with van der Waals surface area (Å²) in [6, 6.07) is 13.0. The van der Waals surface area contributed by atoms with E-state index in [1.54, 1.807) is 12.1 Å². The van der Waals surface area contributed by atoms with E-state index in [0.29, 0.717) is 5.56 Å². The third-order valence-electron chi connectivity index (χ3n) is 4.94. The molecule has 0 aliphatic carbocycles. The van der Waals surface area contributed by atoms with E-state index in [0.717, 1.165) is 54.9 Å². The molecule has 5 heteroatoms.